The van der Waals surface area contributed by atoms with Crippen LogP contribution in [-0.2, 0) is 24.3 Å². The van der Waals surface area contributed by atoms with Crippen LogP contribution in [-0.4, -0.2) is 35.3 Å². The lowest BCUT2D eigenvalue weighted by atomic mass is 9.98. The zero-order valence-electron chi connectivity index (χ0n) is 14.2. The van der Waals surface area contributed by atoms with Crippen molar-refractivity contribution in [2.75, 3.05) is 13.6 Å². The van der Waals surface area contributed by atoms with E-state index < -0.39 is 0 Å². The number of nitrogens with zero attached hydrogens (tertiary/aromatic N) is 2. The SMILES string of the molecule is CC(C(=O)N(C)Cc1cccc(F)c1)N1CCc2ccccc2C1. The first kappa shape index (κ1) is 16.7. The maximum Gasteiger partial charge on any atom is 0.239 e. The molecule has 0 N–H and O–H groups in total. The molecule has 0 fully saturated rings. The van der Waals surface area contributed by atoms with E-state index in [2.05, 4.69) is 23.1 Å². The minimum atomic E-state index is -0.269. The van der Waals surface area contributed by atoms with Crippen molar-refractivity contribution in [1.82, 2.24) is 9.80 Å². The van der Waals surface area contributed by atoms with E-state index >= 15 is 0 Å². The van der Waals surface area contributed by atoms with E-state index in [-0.39, 0.29) is 17.8 Å². The maximum atomic E-state index is 13.3. The molecule has 0 spiro atoms. The van der Waals surface area contributed by atoms with Crippen molar-refractivity contribution >= 4 is 5.91 Å². The topological polar surface area (TPSA) is 23.6 Å². The highest BCUT2D eigenvalue weighted by Gasteiger charge is 2.27. The second-order valence-electron chi connectivity index (χ2n) is 6.49. The molecule has 0 radical (unpaired) electrons. The van der Waals surface area contributed by atoms with Gasteiger partial charge in [-0.2, -0.15) is 0 Å². The molecule has 3 rings (SSSR count). The van der Waals surface area contributed by atoms with Crippen LogP contribution in [0.3, 0.4) is 0 Å². The number of carbonyl (C=O) groups is 1. The standard InChI is InChI=1S/C20H23FN2O/c1-15(23-11-10-17-7-3-4-8-18(17)14-23)20(24)22(2)13-16-6-5-9-19(21)12-16/h3-9,12,15H,10-11,13-14H2,1-2H3. The first-order valence-electron chi connectivity index (χ1n) is 8.35. The Morgan fingerprint density at radius 1 is 1.21 bits per heavy atom. The Bertz CT molecular complexity index is 731. The third-order valence-corrected chi connectivity index (χ3v) is 4.75. The molecule has 1 unspecified atom stereocenters. The lowest BCUT2D eigenvalue weighted by Gasteiger charge is -2.34. The number of amides is 1. The fraction of sp³-hybridized carbons (Fsp3) is 0.350. The first-order valence-corrected chi connectivity index (χ1v) is 8.35. The number of halogens is 1. The van der Waals surface area contributed by atoms with Crippen molar-refractivity contribution in [2.24, 2.45) is 0 Å². The summed E-state index contributed by atoms with van der Waals surface area (Å²) in [5, 5.41) is 0. The smallest absolute Gasteiger partial charge is 0.239 e. The number of fused-ring (bicyclic) bond motifs is 1. The van der Waals surface area contributed by atoms with E-state index in [4.69, 9.17) is 0 Å². The van der Waals surface area contributed by atoms with Gasteiger partial charge in [-0.05, 0) is 42.2 Å². The van der Waals surface area contributed by atoms with Gasteiger partial charge in [-0.25, -0.2) is 4.39 Å². The normalized spacial score (nSPS) is 15.6. The average Bonchev–Trinajstić information content (AvgIpc) is 2.60. The Kier molecular flexibility index (Phi) is 4.95. The van der Waals surface area contributed by atoms with Crippen molar-refractivity contribution in [2.45, 2.75) is 32.5 Å². The van der Waals surface area contributed by atoms with Crippen LogP contribution in [0, 0.1) is 5.82 Å². The molecule has 24 heavy (non-hydrogen) atoms. The van der Waals surface area contributed by atoms with E-state index in [9.17, 15) is 9.18 Å². The largest absolute Gasteiger partial charge is 0.340 e. The van der Waals surface area contributed by atoms with Crippen molar-refractivity contribution in [3.05, 3.63) is 71.0 Å². The molecule has 126 valence electrons. The molecule has 1 atom stereocenters. The van der Waals surface area contributed by atoms with Gasteiger partial charge in [-0.1, -0.05) is 36.4 Å². The Morgan fingerprint density at radius 2 is 1.96 bits per heavy atom. The Morgan fingerprint density at radius 3 is 2.71 bits per heavy atom. The molecule has 0 saturated carbocycles. The molecule has 3 nitrogen and oxygen atoms in total. The lowest BCUT2D eigenvalue weighted by Crippen LogP contribution is -2.47. The summed E-state index contributed by atoms with van der Waals surface area (Å²) in [6, 6.07) is 14.6. The summed E-state index contributed by atoms with van der Waals surface area (Å²) in [6.45, 7) is 4.07. The average molecular weight is 326 g/mol. The molecule has 1 aliphatic rings. The van der Waals surface area contributed by atoms with Gasteiger partial charge < -0.3 is 4.90 Å². The van der Waals surface area contributed by atoms with Crippen LogP contribution in [0.15, 0.2) is 48.5 Å². The Balaban J connectivity index is 1.64. The molecule has 0 aliphatic carbocycles. The maximum absolute atomic E-state index is 13.3. The summed E-state index contributed by atoms with van der Waals surface area (Å²) in [4.78, 5) is 16.6. The highest BCUT2D eigenvalue weighted by molar-refractivity contribution is 5.81. The predicted molar refractivity (Wildman–Crippen MR) is 92.9 cm³/mol. The fourth-order valence-corrected chi connectivity index (χ4v) is 3.31. The second kappa shape index (κ2) is 7.14. The first-order chi connectivity index (χ1) is 11.5. The number of hydrogen-bond acceptors (Lipinski definition) is 2. The van der Waals surface area contributed by atoms with Gasteiger partial charge in [0.05, 0.1) is 6.04 Å². The highest BCUT2D eigenvalue weighted by Crippen LogP contribution is 2.21. The summed E-state index contributed by atoms with van der Waals surface area (Å²) in [5.74, 6) is -0.201. The highest BCUT2D eigenvalue weighted by atomic mass is 19.1. The van der Waals surface area contributed by atoms with E-state index in [1.165, 1.54) is 23.3 Å². The van der Waals surface area contributed by atoms with Crippen LogP contribution in [0.25, 0.3) is 0 Å². The Hall–Kier alpha value is -2.20. The van der Waals surface area contributed by atoms with Crippen LogP contribution in [0.4, 0.5) is 4.39 Å². The molecular weight excluding hydrogens is 303 g/mol. The lowest BCUT2D eigenvalue weighted by molar-refractivity contribution is -0.136. The van der Waals surface area contributed by atoms with Gasteiger partial charge in [0.15, 0.2) is 0 Å². The molecule has 0 bridgehead atoms. The molecule has 0 saturated heterocycles. The third kappa shape index (κ3) is 3.65. The fourth-order valence-electron chi connectivity index (χ4n) is 3.31. The summed E-state index contributed by atoms with van der Waals surface area (Å²) in [5.41, 5.74) is 3.49. The van der Waals surface area contributed by atoms with Gasteiger partial charge in [0, 0.05) is 26.7 Å². The van der Waals surface area contributed by atoms with Gasteiger partial charge in [-0.15, -0.1) is 0 Å². The van der Waals surface area contributed by atoms with Crippen molar-refractivity contribution < 1.29 is 9.18 Å². The van der Waals surface area contributed by atoms with Gasteiger partial charge in [0.1, 0.15) is 5.82 Å². The number of carbonyl (C=O) groups excluding carboxylic acids is 1. The molecule has 1 heterocycles. The Labute approximate surface area is 142 Å². The monoisotopic (exact) mass is 326 g/mol. The molecule has 1 aliphatic heterocycles. The second-order valence-corrected chi connectivity index (χ2v) is 6.49. The van der Waals surface area contributed by atoms with Crippen LogP contribution in [0.1, 0.15) is 23.6 Å². The van der Waals surface area contributed by atoms with Crippen molar-refractivity contribution in [3.8, 4) is 0 Å². The zero-order chi connectivity index (χ0) is 17.1. The minimum absolute atomic E-state index is 0.0682. The van der Waals surface area contributed by atoms with E-state index in [1.54, 1.807) is 18.0 Å². The summed E-state index contributed by atoms with van der Waals surface area (Å²) < 4.78 is 13.3. The molecule has 4 heteroatoms. The number of likely N-dealkylation sites (N-methyl/N-ethyl adjacent to an activating group) is 1. The van der Waals surface area contributed by atoms with Crippen molar-refractivity contribution in [1.29, 1.82) is 0 Å². The quantitative estimate of drug-likeness (QED) is 0.861. The summed E-state index contributed by atoms with van der Waals surface area (Å²) in [7, 11) is 1.78. The van der Waals surface area contributed by atoms with Crippen LogP contribution < -0.4 is 0 Å². The molecule has 2 aromatic rings. The zero-order valence-corrected chi connectivity index (χ0v) is 14.2. The number of hydrogen-bond donors (Lipinski definition) is 0. The van der Waals surface area contributed by atoms with E-state index in [1.807, 2.05) is 19.1 Å². The molecular formula is C20H23FN2O. The third-order valence-electron chi connectivity index (χ3n) is 4.75. The van der Waals surface area contributed by atoms with E-state index in [0.717, 1.165) is 25.1 Å². The van der Waals surface area contributed by atoms with E-state index in [0.29, 0.717) is 6.54 Å². The predicted octanol–water partition coefficient (Wildman–Crippen LogP) is 3.23. The van der Waals surface area contributed by atoms with Crippen LogP contribution in [0.2, 0.25) is 0 Å². The summed E-state index contributed by atoms with van der Waals surface area (Å²) in [6.07, 6.45) is 0.974. The van der Waals surface area contributed by atoms with Crippen LogP contribution in [0.5, 0.6) is 0 Å². The number of rotatable bonds is 4. The van der Waals surface area contributed by atoms with Gasteiger partial charge in [-0.3, -0.25) is 9.69 Å². The van der Waals surface area contributed by atoms with Gasteiger partial charge >= 0.3 is 0 Å². The molecule has 1 amide bonds. The molecule has 2 aromatic carbocycles. The summed E-state index contributed by atoms with van der Waals surface area (Å²) >= 11 is 0. The minimum Gasteiger partial charge on any atom is -0.340 e. The van der Waals surface area contributed by atoms with Gasteiger partial charge in [0.2, 0.25) is 5.91 Å². The molecule has 0 aromatic heterocycles. The van der Waals surface area contributed by atoms with Gasteiger partial charge in [0.25, 0.3) is 0 Å². The number of benzene rings is 2. The van der Waals surface area contributed by atoms with Crippen LogP contribution >= 0.6 is 0 Å². The van der Waals surface area contributed by atoms with Crippen molar-refractivity contribution in [3.63, 3.8) is 0 Å².